The first-order valence-electron chi connectivity index (χ1n) is 8.08. The first-order chi connectivity index (χ1) is 11.6. The van der Waals surface area contributed by atoms with Gasteiger partial charge in [0.15, 0.2) is 0 Å². The van der Waals surface area contributed by atoms with Crippen molar-refractivity contribution in [2.24, 2.45) is 0 Å². The van der Waals surface area contributed by atoms with Crippen LogP contribution in [0.5, 0.6) is 0 Å². The number of carbonyl (C=O) groups is 1. The van der Waals surface area contributed by atoms with Crippen LogP contribution in [0.2, 0.25) is 5.02 Å². The minimum Gasteiger partial charge on any atom is -0.349 e. The van der Waals surface area contributed by atoms with E-state index in [1.807, 2.05) is 24.3 Å². The van der Waals surface area contributed by atoms with E-state index < -0.39 is 0 Å². The molecule has 2 aromatic rings. The molecule has 2 aromatic carbocycles. The molecule has 1 amide bonds. The third-order valence-corrected chi connectivity index (χ3v) is 5.50. The number of nitrogens with one attached hydrogen (secondary N) is 1. The van der Waals surface area contributed by atoms with E-state index in [1.54, 1.807) is 23.9 Å². The Labute approximate surface area is 150 Å². The molecule has 5 heteroatoms. The SMILES string of the molecule is O=C(CCCc1ccc(Cl)cc1)NC1CCSc2ccc(F)cc21. The van der Waals surface area contributed by atoms with E-state index in [0.29, 0.717) is 6.42 Å². The predicted molar refractivity (Wildman–Crippen MR) is 97.0 cm³/mol. The topological polar surface area (TPSA) is 29.1 Å². The number of aryl methyl sites for hydroxylation is 1. The molecular formula is C19H19ClFNOS. The summed E-state index contributed by atoms with van der Waals surface area (Å²) in [6, 6.07) is 12.4. The van der Waals surface area contributed by atoms with E-state index >= 15 is 0 Å². The highest BCUT2D eigenvalue weighted by molar-refractivity contribution is 7.99. The fraction of sp³-hybridized carbons (Fsp3) is 0.316. The minimum absolute atomic E-state index is 0.0241. The Morgan fingerprint density at radius 3 is 2.83 bits per heavy atom. The van der Waals surface area contributed by atoms with Crippen molar-refractivity contribution in [2.45, 2.75) is 36.6 Å². The Morgan fingerprint density at radius 1 is 1.25 bits per heavy atom. The molecule has 1 N–H and O–H groups in total. The van der Waals surface area contributed by atoms with Crippen LogP contribution in [0.3, 0.4) is 0 Å². The van der Waals surface area contributed by atoms with Gasteiger partial charge >= 0.3 is 0 Å². The van der Waals surface area contributed by atoms with Gasteiger partial charge in [-0.3, -0.25) is 4.79 Å². The molecule has 0 radical (unpaired) electrons. The van der Waals surface area contributed by atoms with Gasteiger partial charge in [-0.2, -0.15) is 0 Å². The van der Waals surface area contributed by atoms with Crippen molar-refractivity contribution in [1.82, 2.24) is 5.32 Å². The largest absolute Gasteiger partial charge is 0.349 e. The summed E-state index contributed by atoms with van der Waals surface area (Å²) < 4.78 is 13.5. The van der Waals surface area contributed by atoms with Gasteiger partial charge in [0, 0.05) is 22.1 Å². The second kappa shape index (κ2) is 8.04. The lowest BCUT2D eigenvalue weighted by Gasteiger charge is -2.26. The monoisotopic (exact) mass is 363 g/mol. The van der Waals surface area contributed by atoms with Gasteiger partial charge in [0.1, 0.15) is 5.82 Å². The van der Waals surface area contributed by atoms with Gasteiger partial charge in [-0.1, -0.05) is 23.7 Å². The molecule has 1 aliphatic heterocycles. The number of amides is 1. The summed E-state index contributed by atoms with van der Waals surface area (Å²) in [6.07, 6.45) is 2.93. The molecule has 1 aliphatic rings. The smallest absolute Gasteiger partial charge is 0.220 e. The highest BCUT2D eigenvalue weighted by Crippen LogP contribution is 2.36. The molecule has 0 aliphatic carbocycles. The molecule has 126 valence electrons. The summed E-state index contributed by atoms with van der Waals surface area (Å²) in [5.74, 6) is 0.711. The van der Waals surface area contributed by atoms with Crippen molar-refractivity contribution in [3.05, 3.63) is 64.4 Å². The number of rotatable bonds is 5. The molecule has 24 heavy (non-hydrogen) atoms. The van der Waals surface area contributed by atoms with Gasteiger partial charge in [-0.25, -0.2) is 4.39 Å². The van der Waals surface area contributed by atoms with Crippen molar-refractivity contribution in [3.63, 3.8) is 0 Å². The number of benzene rings is 2. The minimum atomic E-state index is -0.252. The Hall–Kier alpha value is -1.52. The van der Waals surface area contributed by atoms with Crippen molar-refractivity contribution in [1.29, 1.82) is 0 Å². The average Bonchev–Trinajstić information content (AvgIpc) is 2.57. The Kier molecular flexibility index (Phi) is 5.80. The molecule has 0 saturated heterocycles. The van der Waals surface area contributed by atoms with Gasteiger partial charge in [-0.15, -0.1) is 11.8 Å². The van der Waals surface area contributed by atoms with Gasteiger partial charge in [-0.05, 0) is 60.7 Å². The number of carbonyl (C=O) groups excluding carboxylic acids is 1. The molecule has 0 saturated carbocycles. The second-order valence-corrected chi connectivity index (χ2v) is 7.49. The zero-order chi connectivity index (χ0) is 16.9. The molecule has 1 heterocycles. The molecule has 1 unspecified atom stereocenters. The lowest BCUT2D eigenvalue weighted by molar-refractivity contribution is -0.122. The Bertz CT molecular complexity index is 720. The van der Waals surface area contributed by atoms with Crippen LogP contribution in [0.25, 0.3) is 0 Å². The highest BCUT2D eigenvalue weighted by atomic mass is 35.5. The molecule has 0 fully saturated rings. The standard InChI is InChI=1S/C19H19ClFNOS/c20-14-6-4-13(5-7-14)2-1-3-19(23)22-17-10-11-24-18-9-8-15(21)12-16(17)18/h4-9,12,17H,1-3,10-11H2,(H,22,23). The van der Waals surface area contributed by atoms with E-state index in [0.717, 1.165) is 40.5 Å². The molecule has 0 bridgehead atoms. The normalized spacial score (nSPS) is 16.5. The second-order valence-electron chi connectivity index (χ2n) is 5.92. The molecule has 0 spiro atoms. The summed E-state index contributed by atoms with van der Waals surface area (Å²) in [6.45, 7) is 0. The van der Waals surface area contributed by atoms with E-state index in [-0.39, 0.29) is 17.8 Å². The van der Waals surface area contributed by atoms with Crippen LogP contribution in [-0.2, 0) is 11.2 Å². The predicted octanol–water partition coefficient (Wildman–Crippen LogP) is 5.16. The molecule has 0 aromatic heterocycles. The maximum absolute atomic E-state index is 13.5. The van der Waals surface area contributed by atoms with Crippen LogP contribution in [0.4, 0.5) is 4.39 Å². The van der Waals surface area contributed by atoms with Crippen LogP contribution in [0.1, 0.15) is 36.4 Å². The fourth-order valence-corrected chi connectivity index (χ4v) is 4.12. The van der Waals surface area contributed by atoms with Gasteiger partial charge in [0.05, 0.1) is 6.04 Å². The quantitative estimate of drug-likeness (QED) is 0.795. The summed E-state index contributed by atoms with van der Waals surface area (Å²) in [4.78, 5) is 13.3. The van der Waals surface area contributed by atoms with Crippen molar-refractivity contribution >= 4 is 29.3 Å². The third-order valence-electron chi connectivity index (χ3n) is 4.13. The fourth-order valence-electron chi connectivity index (χ4n) is 2.89. The van der Waals surface area contributed by atoms with Crippen LogP contribution in [-0.4, -0.2) is 11.7 Å². The third kappa shape index (κ3) is 4.52. The first-order valence-corrected chi connectivity index (χ1v) is 9.44. The summed E-state index contributed by atoms with van der Waals surface area (Å²) in [7, 11) is 0. The Morgan fingerprint density at radius 2 is 2.04 bits per heavy atom. The van der Waals surface area contributed by atoms with Crippen LogP contribution in [0, 0.1) is 5.82 Å². The Balaban J connectivity index is 1.52. The van der Waals surface area contributed by atoms with E-state index in [4.69, 9.17) is 11.6 Å². The maximum Gasteiger partial charge on any atom is 0.220 e. The summed E-state index contributed by atoms with van der Waals surface area (Å²) in [5, 5.41) is 3.78. The zero-order valence-electron chi connectivity index (χ0n) is 13.2. The van der Waals surface area contributed by atoms with Crippen LogP contribution in [0.15, 0.2) is 47.4 Å². The van der Waals surface area contributed by atoms with E-state index in [2.05, 4.69) is 5.32 Å². The molecule has 2 nitrogen and oxygen atoms in total. The van der Waals surface area contributed by atoms with Crippen molar-refractivity contribution in [3.8, 4) is 0 Å². The zero-order valence-corrected chi connectivity index (χ0v) is 14.8. The first kappa shape index (κ1) is 17.3. The number of halogens is 2. The number of hydrogen-bond acceptors (Lipinski definition) is 2. The summed E-state index contributed by atoms with van der Waals surface area (Å²) in [5.41, 5.74) is 2.07. The van der Waals surface area contributed by atoms with E-state index in [9.17, 15) is 9.18 Å². The number of thioether (sulfide) groups is 1. The highest BCUT2D eigenvalue weighted by Gasteiger charge is 2.22. The lowest BCUT2D eigenvalue weighted by atomic mass is 10.0. The molecule has 1 atom stereocenters. The molecular weight excluding hydrogens is 345 g/mol. The van der Waals surface area contributed by atoms with Crippen molar-refractivity contribution < 1.29 is 9.18 Å². The number of fused-ring (bicyclic) bond motifs is 1. The van der Waals surface area contributed by atoms with Gasteiger partial charge in [0.2, 0.25) is 5.91 Å². The van der Waals surface area contributed by atoms with Crippen LogP contribution >= 0.6 is 23.4 Å². The van der Waals surface area contributed by atoms with Gasteiger partial charge in [0.25, 0.3) is 0 Å². The van der Waals surface area contributed by atoms with Gasteiger partial charge < -0.3 is 5.32 Å². The van der Waals surface area contributed by atoms with E-state index in [1.165, 1.54) is 11.6 Å². The summed E-state index contributed by atoms with van der Waals surface area (Å²) >= 11 is 7.58. The lowest BCUT2D eigenvalue weighted by Crippen LogP contribution is -2.30. The van der Waals surface area contributed by atoms with Crippen molar-refractivity contribution in [2.75, 3.05) is 5.75 Å². The molecule has 3 rings (SSSR count). The van der Waals surface area contributed by atoms with Crippen LogP contribution < -0.4 is 5.32 Å². The maximum atomic E-state index is 13.5. The number of hydrogen-bond donors (Lipinski definition) is 1. The average molecular weight is 364 g/mol.